The molecule has 2 rings (SSSR count). The van der Waals surface area contributed by atoms with Crippen LogP contribution >= 0.6 is 15.9 Å². The maximum absolute atomic E-state index is 3.65. The van der Waals surface area contributed by atoms with Crippen molar-refractivity contribution in [1.29, 1.82) is 0 Å². The summed E-state index contributed by atoms with van der Waals surface area (Å²) in [6, 6.07) is 0. The minimum atomic E-state index is 0.350. The number of rotatable bonds is 0. The van der Waals surface area contributed by atoms with Gasteiger partial charge < -0.3 is 0 Å². The third-order valence-electron chi connectivity index (χ3n) is 1.96. The summed E-state index contributed by atoms with van der Waals surface area (Å²) >= 11 is 3.65. The van der Waals surface area contributed by atoms with Crippen LogP contribution in [0.25, 0.3) is 0 Å². The fourth-order valence-electron chi connectivity index (χ4n) is 1.31. The Bertz CT molecular complexity index is 295. The molecule has 60 valence electrons. The molecule has 0 saturated carbocycles. The molecule has 0 spiro atoms. The van der Waals surface area contributed by atoms with Gasteiger partial charge in [0.15, 0.2) is 0 Å². The first-order valence-corrected chi connectivity index (χ1v) is 4.87. The maximum atomic E-state index is 3.65. The van der Waals surface area contributed by atoms with E-state index in [9.17, 15) is 0 Å². The molecule has 0 atom stereocenters. The Kier molecular flexibility index (Phi) is 2.13. The lowest BCUT2D eigenvalue weighted by molar-refractivity contribution is 1.27. The largest absolute Gasteiger partial charge is 0.0786 e. The minimum absolute atomic E-state index is 0.350. The second kappa shape index (κ2) is 3.28. The fourth-order valence-corrected chi connectivity index (χ4v) is 1.92. The first kappa shape index (κ1) is 7.81. The highest BCUT2D eigenvalue weighted by Gasteiger charge is 2.13. The highest BCUT2D eigenvalue weighted by Crippen LogP contribution is 2.27. The average molecular weight is 221 g/mol. The number of halogens is 1. The van der Waals surface area contributed by atoms with Gasteiger partial charge in [0.05, 0.1) is 4.83 Å². The van der Waals surface area contributed by atoms with Crippen LogP contribution in [-0.2, 0) is 0 Å². The second-order valence-electron chi connectivity index (χ2n) is 2.80. The van der Waals surface area contributed by atoms with Gasteiger partial charge in [0.25, 0.3) is 0 Å². The van der Waals surface area contributed by atoms with Crippen LogP contribution in [0, 0.1) is 0 Å². The Hall–Kier alpha value is -0.820. The van der Waals surface area contributed by atoms with E-state index >= 15 is 0 Å². The Morgan fingerprint density at radius 3 is 1.83 bits per heavy atom. The molecule has 2 bridgehead atoms. The van der Waals surface area contributed by atoms with Crippen molar-refractivity contribution >= 4 is 15.9 Å². The Labute approximate surface area is 80.8 Å². The topological polar surface area (TPSA) is 0 Å². The van der Waals surface area contributed by atoms with Crippen molar-refractivity contribution in [3.05, 3.63) is 59.8 Å². The molecule has 1 heteroatoms. The van der Waals surface area contributed by atoms with Crippen LogP contribution in [0.15, 0.2) is 59.8 Å². The molecular formula is C11H9Br. The van der Waals surface area contributed by atoms with E-state index in [4.69, 9.17) is 0 Å². The van der Waals surface area contributed by atoms with Gasteiger partial charge >= 0.3 is 0 Å². The molecule has 0 N–H and O–H groups in total. The molecule has 2 aliphatic rings. The number of hydrogen-bond donors (Lipinski definition) is 0. The molecule has 0 fully saturated rings. The van der Waals surface area contributed by atoms with Gasteiger partial charge in [-0.1, -0.05) is 64.5 Å². The Morgan fingerprint density at radius 2 is 1.33 bits per heavy atom. The SMILES string of the molecule is BrC1C2=CC=CC=C1C=CC=C2. The fraction of sp³-hybridized carbons (Fsp3) is 0.0909. The third kappa shape index (κ3) is 1.37. The van der Waals surface area contributed by atoms with Gasteiger partial charge in [-0.15, -0.1) is 0 Å². The first-order chi connectivity index (χ1) is 5.88. The van der Waals surface area contributed by atoms with E-state index in [0.29, 0.717) is 4.83 Å². The van der Waals surface area contributed by atoms with Crippen molar-refractivity contribution < 1.29 is 0 Å². The lowest BCUT2D eigenvalue weighted by Crippen LogP contribution is -2.00. The minimum Gasteiger partial charge on any atom is -0.0786 e. The number of alkyl halides is 1. The summed E-state index contributed by atoms with van der Waals surface area (Å²) in [5.74, 6) is 0. The predicted octanol–water partition coefficient (Wildman–Crippen LogP) is 3.30. The van der Waals surface area contributed by atoms with Gasteiger partial charge in [0.2, 0.25) is 0 Å². The van der Waals surface area contributed by atoms with Crippen molar-refractivity contribution in [2.75, 3.05) is 0 Å². The normalized spacial score (nSPS) is 21.4. The van der Waals surface area contributed by atoms with Crippen molar-refractivity contribution in [2.45, 2.75) is 4.83 Å². The van der Waals surface area contributed by atoms with E-state index in [1.165, 1.54) is 11.1 Å². The molecule has 0 saturated heterocycles. The smallest absolute Gasteiger partial charge is 0.0644 e. The molecule has 0 aromatic carbocycles. The van der Waals surface area contributed by atoms with Crippen LogP contribution in [0.2, 0.25) is 0 Å². The quantitative estimate of drug-likeness (QED) is 0.550. The van der Waals surface area contributed by atoms with Crippen LogP contribution in [0.4, 0.5) is 0 Å². The van der Waals surface area contributed by atoms with Crippen LogP contribution in [-0.4, -0.2) is 4.83 Å². The molecule has 2 aliphatic carbocycles. The van der Waals surface area contributed by atoms with Crippen molar-refractivity contribution in [1.82, 2.24) is 0 Å². The zero-order valence-electron chi connectivity index (χ0n) is 6.57. The summed E-state index contributed by atoms with van der Waals surface area (Å²) in [4.78, 5) is 0.350. The number of hydrogen-bond acceptors (Lipinski definition) is 0. The molecule has 0 aromatic heterocycles. The summed E-state index contributed by atoms with van der Waals surface area (Å²) in [7, 11) is 0. The molecule has 0 heterocycles. The third-order valence-corrected chi connectivity index (χ3v) is 3.02. The van der Waals surface area contributed by atoms with Gasteiger partial charge in [-0.25, -0.2) is 0 Å². The van der Waals surface area contributed by atoms with Crippen molar-refractivity contribution in [3.8, 4) is 0 Å². The molecular weight excluding hydrogens is 212 g/mol. The second-order valence-corrected chi connectivity index (χ2v) is 3.71. The molecule has 0 aliphatic heterocycles. The Morgan fingerprint density at radius 1 is 0.833 bits per heavy atom. The van der Waals surface area contributed by atoms with E-state index < -0.39 is 0 Å². The van der Waals surface area contributed by atoms with Crippen LogP contribution in [0.5, 0.6) is 0 Å². The lowest BCUT2D eigenvalue weighted by Gasteiger charge is -2.08. The predicted molar refractivity (Wildman–Crippen MR) is 56.3 cm³/mol. The summed E-state index contributed by atoms with van der Waals surface area (Å²) in [5.41, 5.74) is 2.61. The number of fused-ring (bicyclic) bond motifs is 2. The molecule has 0 radical (unpaired) electrons. The van der Waals surface area contributed by atoms with Crippen LogP contribution < -0.4 is 0 Å². The summed E-state index contributed by atoms with van der Waals surface area (Å²) < 4.78 is 0. The van der Waals surface area contributed by atoms with Crippen molar-refractivity contribution in [2.24, 2.45) is 0 Å². The average Bonchev–Trinajstić information content (AvgIpc) is 2.37. The van der Waals surface area contributed by atoms with Gasteiger partial charge in [0.1, 0.15) is 0 Å². The molecule has 12 heavy (non-hydrogen) atoms. The summed E-state index contributed by atoms with van der Waals surface area (Å²) in [6.45, 7) is 0. The number of allylic oxidation sites excluding steroid dienone is 10. The van der Waals surface area contributed by atoms with Gasteiger partial charge in [-0.2, -0.15) is 0 Å². The highest BCUT2D eigenvalue weighted by atomic mass is 79.9. The Balaban J connectivity index is 2.53. The lowest BCUT2D eigenvalue weighted by atomic mass is 10.1. The van der Waals surface area contributed by atoms with Gasteiger partial charge in [-0.05, 0) is 11.1 Å². The van der Waals surface area contributed by atoms with Gasteiger partial charge in [-0.3, -0.25) is 0 Å². The monoisotopic (exact) mass is 220 g/mol. The molecule has 0 nitrogen and oxygen atoms in total. The van der Waals surface area contributed by atoms with E-state index in [2.05, 4.69) is 64.5 Å². The molecule has 0 aromatic rings. The zero-order chi connectivity index (χ0) is 8.39. The standard InChI is InChI=1S/C11H9Br/c12-11-9-5-1-2-6-10(11)8-4-3-7-9/h1-8,11H. The van der Waals surface area contributed by atoms with Crippen LogP contribution in [0.1, 0.15) is 0 Å². The first-order valence-electron chi connectivity index (χ1n) is 3.95. The van der Waals surface area contributed by atoms with E-state index in [0.717, 1.165) is 0 Å². The maximum Gasteiger partial charge on any atom is 0.0644 e. The highest BCUT2D eigenvalue weighted by molar-refractivity contribution is 9.09. The van der Waals surface area contributed by atoms with E-state index in [1.54, 1.807) is 0 Å². The zero-order valence-corrected chi connectivity index (χ0v) is 8.16. The van der Waals surface area contributed by atoms with E-state index in [1.807, 2.05) is 0 Å². The summed E-state index contributed by atoms with van der Waals surface area (Å²) in [5, 5.41) is 0. The summed E-state index contributed by atoms with van der Waals surface area (Å²) in [6.07, 6.45) is 16.8. The van der Waals surface area contributed by atoms with Crippen LogP contribution in [0.3, 0.4) is 0 Å². The molecule has 0 unspecified atom stereocenters. The van der Waals surface area contributed by atoms with E-state index in [-0.39, 0.29) is 0 Å². The van der Waals surface area contributed by atoms with Gasteiger partial charge in [0, 0.05) is 0 Å². The molecule has 0 amide bonds. The van der Waals surface area contributed by atoms with Crippen molar-refractivity contribution in [3.63, 3.8) is 0 Å².